The Morgan fingerprint density at radius 1 is 1.53 bits per heavy atom. The molecule has 106 valence electrons. The van der Waals surface area contributed by atoms with Gasteiger partial charge in [0.05, 0.1) is 5.69 Å². The number of nitrogens with two attached hydrogens (primary N) is 1. The quantitative estimate of drug-likeness (QED) is 0.907. The average Bonchev–Trinajstić information content (AvgIpc) is 2.74. The van der Waals surface area contributed by atoms with Gasteiger partial charge < -0.3 is 15.5 Å². The van der Waals surface area contributed by atoms with Crippen LogP contribution in [0.25, 0.3) is 0 Å². The maximum Gasteiger partial charge on any atom is 0.146 e. The van der Waals surface area contributed by atoms with Gasteiger partial charge in [0.15, 0.2) is 0 Å². The minimum atomic E-state index is -0.182. The summed E-state index contributed by atoms with van der Waals surface area (Å²) in [5.74, 6) is -0.182. The summed E-state index contributed by atoms with van der Waals surface area (Å²) in [6.07, 6.45) is 2.43. The molecule has 19 heavy (non-hydrogen) atoms. The van der Waals surface area contributed by atoms with Gasteiger partial charge in [-0.15, -0.1) is 0 Å². The molecule has 1 aromatic rings. The highest BCUT2D eigenvalue weighted by atomic mass is 19.1. The van der Waals surface area contributed by atoms with E-state index in [0.717, 1.165) is 18.7 Å². The number of hydrogen-bond acceptors (Lipinski definition) is 3. The predicted octanol–water partition coefficient (Wildman–Crippen LogP) is 2.38. The van der Waals surface area contributed by atoms with Crippen LogP contribution in [0, 0.1) is 5.82 Å². The first-order chi connectivity index (χ1) is 8.99. The number of likely N-dealkylation sites (tertiary alicyclic amines) is 1. The topological polar surface area (TPSA) is 32.5 Å². The second kappa shape index (κ2) is 5.88. The minimum absolute atomic E-state index is 0.130. The van der Waals surface area contributed by atoms with Crippen LogP contribution in [0.1, 0.15) is 31.4 Å². The largest absolute Gasteiger partial charge is 0.371 e. The molecule has 1 aromatic carbocycles. The standard InChI is InChI=1S/C15H24FN3/c1-11(17)12-6-7-15(14(16)9-12)19(3)10-13-5-4-8-18(13)2/h6-7,9,11,13H,4-5,8,10,17H2,1-3H3. The molecule has 0 radical (unpaired) electrons. The van der Waals surface area contributed by atoms with E-state index < -0.39 is 0 Å². The molecule has 0 amide bonds. The number of hydrogen-bond donors (Lipinski definition) is 1. The summed E-state index contributed by atoms with van der Waals surface area (Å²) in [5.41, 5.74) is 7.27. The predicted molar refractivity (Wildman–Crippen MR) is 77.9 cm³/mol. The van der Waals surface area contributed by atoms with E-state index in [4.69, 9.17) is 5.73 Å². The molecule has 2 rings (SSSR count). The smallest absolute Gasteiger partial charge is 0.146 e. The summed E-state index contributed by atoms with van der Waals surface area (Å²) in [4.78, 5) is 4.36. The van der Waals surface area contributed by atoms with Crippen LogP contribution in [-0.4, -0.2) is 38.1 Å². The van der Waals surface area contributed by atoms with E-state index in [1.807, 2.05) is 31.0 Å². The van der Waals surface area contributed by atoms with Crippen molar-refractivity contribution in [1.82, 2.24) is 4.90 Å². The van der Waals surface area contributed by atoms with Gasteiger partial charge in [0.2, 0.25) is 0 Å². The van der Waals surface area contributed by atoms with Crippen LogP contribution >= 0.6 is 0 Å². The lowest BCUT2D eigenvalue weighted by atomic mass is 10.1. The number of anilines is 1. The molecule has 2 unspecified atom stereocenters. The van der Waals surface area contributed by atoms with E-state index in [-0.39, 0.29) is 11.9 Å². The third-order valence-corrected chi connectivity index (χ3v) is 4.06. The Labute approximate surface area is 115 Å². The van der Waals surface area contributed by atoms with Gasteiger partial charge in [0.1, 0.15) is 5.82 Å². The molecular weight excluding hydrogens is 241 g/mol. The van der Waals surface area contributed by atoms with E-state index in [1.54, 1.807) is 6.07 Å². The first kappa shape index (κ1) is 14.3. The van der Waals surface area contributed by atoms with Gasteiger partial charge in [-0.1, -0.05) is 6.07 Å². The Balaban J connectivity index is 2.08. The van der Waals surface area contributed by atoms with Crippen LogP contribution in [0.5, 0.6) is 0 Å². The summed E-state index contributed by atoms with van der Waals surface area (Å²) in [5, 5.41) is 0. The van der Waals surface area contributed by atoms with Crippen LogP contribution in [0.15, 0.2) is 18.2 Å². The molecule has 1 aliphatic heterocycles. The highest BCUT2D eigenvalue weighted by Crippen LogP contribution is 2.24. The summed E-state index contributed by atoms with van der Waals surface area (Å²) >= 11 is 0. The highest BCUT2D eigenvalue weighted by molar-refractivity contribution is 5.49. The van der Waals surface area contributed by atoms with Gasteiger partial charge in [-0.3, -0.25) is 0 Å². The lowest BCUT2D eigenvalue weighted by Crippen LogP contribution is -2.37. The van der Waals surface area contributed by atoms with E-state index in [1.165, 1.54) is 12.8 Å². The number of halogens is 1. The molecule has 0 aliphatic carbocycles. The number of rotatable bonds is 4. The zero-order chi connectivity index (χ0) is 14.0. The molecule has 3 nitrogen and oxygen atoms in total. The molecule has 1 aliphatic rings. The molecule has 0 spiro atoms. The summed E-state index contributed by atoms with van der Waals surface area (Å²) < 4.78 is 14.1. The fourth-order valence-corrected chi connectivity index (χ4v) is 2.74. The maximum atomic E-state index is 14.1. The van der Waals surface area contributed by atoms with Crippen molar-refractivity contribution in [3.63, 3.8) is 0 Å². The molecular formula is C15H24FN3. The van der Waals surface area contributed by atoms with Gasteiger partial charge in [-0.2, -0.15) is 0 Å². The summed E-state index contributed by atoms with van der Waals surface area (Å²) in [7, 11) is 4.09. The van der Waals surface area contributed by atoms with Crippen molar-refractivity contribution in [1.29, 1.82) is 0 Å². The number of likely N-dealkylation sites (N-methyl/N-ethyl adjacent to an activating group) is 2. The number of nitrogens with zero attached hydrogens (tertiary/aromatic N) is 2. The summed E-state index contributed by atoms with van der Waals surface area (Å²) in [6.45, 7) is 3.88. The molecule has 0 bridgehead atoms. The van der Waals surface area contributed by atoms with E-state index in [9.17, 15) is 4.39 Å². The van der Waals surface area contributed by atoms with E-state index >= 15 is 0 Å². The van der Waals surface area contributed by atoms with Crippen molar-refractivity contribution in [3.05, 3.63) is 29.6 Å². The first-order valence-electron chi connectivity index (χ1n) is 6.95. The second-order valence-corrected chi connectivity index (χ2v) is 5.66. The van der Waals surface area contributed by atoms with Crippen molar-refractivity contribution in [2.45, 2.75) is 31.8 Å². The lowest BCUT2D eigenvalue weighted by Gasteiger charge is -2.27. The van der Waals surface area contributed by atoms with Gasteiger partial charge in [-0.05, 0) is 51.1 Å². The Hall–Kier alpha value is -1.13. The van der Waals surface area contributed by atoms with Crippen LogP contribution < -0.4 is 10.6 Å². The van der Waals surface area contributed by atoms with Crippen LogP contribution in [0.4, 0.5) is 10.1 Å². The van der Waals surface area contributed by atoms with Crippen molar-refractivity contribution in [3.8, 4) is 0 Å². The molecule has 1 saturated heterocycles. The van der Waals surface area contributed by atoms with Crippen molar-refractivity contribution >= 4 is 5.69 Å². The molecule has 0 aromatic heterocycles. The third-order valence-electron chi connectivity index (χ3n) is 4.06. The normalized spacial score (nSPS) is 21.6. The Morgan fingerprint density at radius 3 is 2.79 bits per heavy atom. The van der Waals surface area contributed by atoms with E-state index in [2.05, 4.69) is 11.9 Å². The van der Waals surface area contributed by atoms with Crippen molar-refractivity contribution in [2.24, 2.45) is 5.73 Å². The zero-order valence-electron chi connectivity index (χ0n) is 12.1. The number of benzene rings is 1. The van der Waals surface area contributed by atoms with Gasteiger partial charge in [-0.25, -0.2) is 4.39 Å². The minimum Gasteiger partial charge on any atom is -0.371 e. The van der Waals surface area contributed by atoms with Crippen molar-refractivity contribution in [2.75, 3.05) is 32.1 Å². The first-order valence-corrected chi connectivity index (χ1v) is 6.95. The average molecular weight is 265 g/mol. The molecule has 1 heterocycles. The monoisotopic (exact) mass is 265 g/mol. The van der Waals surface area contributed by atoms with Gasteiger partial charge >= 0.3 is 0 Å². The Bertz CT molecular complexity index is 433. The molecule has 2 N–H and O–H groups in total. The maximum absolute atomic E-state index is 14.1. The van der Waals surface area contributed by atoms with Gasteiger partial charge in [0, 0.05) is 25.7 Å². The highest BCUT2D eigenvalue weighted by Gasteiger charge is 2.23. The van der Waals surface area contributed by atoms with Crippen LogP contribution in [0.3, 0.4) is 0 Å². The fourth-order valence-electron chi connectivity index (χ4n) is 2.74. The molecule has 0 saturated carbocycles. The lowest BCUT2D eigenvalue weighted by molar-refractivity contribution is 0.314. The molecule has 1 fully saturated rings. The molecule has 2 atom stereocenters. The second-order valence-electron chi connectivity index (χ2n) is 5.66. The van der Waals surface area contributed by atoms with Crippen LogP contribution in [-0.2, 0) is 0 Å². The SMILES string of the molecule is CC(N)c1ccc(N(C)CC2CCCN2C)c(F)c1. The summed E-state index contributed by atoms with van der Waals surface area (Å²) in [6, 6.07) is 5.70. The fraction of sp³-hybridized carbons (Fsp3) is 0.600. The van der Waals surface area contributed by atoms with Gasteiger partial charge in [0.25, 0.3) is 0 Å². The van der Waals surface area contributed by atoms with Crippen molar-refractivity contribution < 1.29 is 4.39 Å². The van der Waals surface area contributed by atoms with Crippen LogP contribution in [0.2, 0.25) is 0 Å². The molecule has 4 heteroatoms. The van der Waals surface area contributed by atoms with E-state index in [0.29, 0.717) is 11.7 Å². The Kier molecular flexibility index (Phi) is 4.42. The zero-order valence-corrected chi connectivity index (χ0v) is 12.1. The third kappa shape index (κ3) is 3.25. The Morgan fingerprint density at radius 2 is 2.26 bits per heavy atom.